The van der Waals surface area contributed by atoms with Gasteiger partial charge in [0.1, 0.15) is 0 Å². The quantitative estimate of drug-likeness (QED) is 0.0825. The molecule has 1 fully saturated rings. The van der Waals surface area contributed by atoms with Crippen molar-refractivity contribution in [3.8, 4) is 0 Å². The Morgan fingerprint density at radius 1 is 1.20 bits per heavy atom. The lowest BCUT2D eigenvalue weighted by atomic mass is 9.92. The van der Waals surface area contributed by atoms with E-state index in [1.54, 1.807) is 6.20 Å². The van der Waals surface area contributed by atoms with E-state index in [0.717, 1.165) is 30.2 Å². The lowest BCUT2D eigenvalue weighted by molar-refractivity contribution is -0.164. The molecule has 1 atom stereocenters. The fourth-order valence-electron chi connectivity index (χ4n) is 3.01. The van der Waals surface area contributed by atoms with Crippen molar-refractivity contribution in [2.45, 2.75) is 104 Å². The zero-order chi connectivity index (χ0) is 27.0. The summed E-state index contributed by atoms with van der Waals surface area (Å²) in [4.78, 5) is 23.8. The van der Waals surface area contributed by atoms with Crippen LogP contribution in [0.3, 0.4) is 0 Å². The van der Waals surface area contributed by atoms with Gasteiger partial charge in [0.05, 0.1) is 0 Å². The molecule has 0 N–H and O–H groups in total. The number of ketones is 1. The molecular weight excluding hydrogens is 522 g/mol. The number of alkyl halides is 1. The number of carbonyl (C=O) groups is 2. The molecule has 1 aliphatic carbocycles. The van der Waals surface area contributed by atoms with Crippen molar-refractivity contribution in [3.05, 3.63) is 47.7 Å². The molecule has 0 amide bonds. The number of nitrogens with zero attached hydrogens (tertiary/aromatic N) is 1. The maximum absolute atomic E-state index is 12.1. The zero-order valence-electron chi connectivity index (χ0n) is 23.3. The van der Waals surface area contributed by atoms with Crippen LogP contribution in [0, 0.1) is 11.8 Å². The highest BCUT2D eigenvalue weighted by atomic mass is 79.9. The van der Waals surface area contributed by atoms with E-state index in [2.05, 4.69) is 56.3 Å². The number of benzene rings is 1. The first-order valence-corrected chi connectivity index (χ1v) is 15.2. The van der Waals surface area contributed by atoms with Gasteiger partial charge in [0.2, 0.25) is 0 Å². The van der Waals surface area contributed by atoms with E-state index >= 15 is 0 Å². The summed E-state index contributed by atoms with van der Waals surface area (Å²) in [5.74, 6) is 0.770. The number of rotatable bonds is 12. The molecule has 0 bridgehead atoms. The van der Waals surface area contributed by atoms with E-state index in [9.17, 15) is 9.59 Å². The Balaban J connectivity index is 0.000000587. The first-order valence-electron chi connectivity index (χ1n) is 12.9. The highest BCUT2D eigenvalue weighted by Crippen LogP contribution is 2.24. The summed E-state index contributed by atoms with van der Waals surface area (Å²) in [7, 11) is 0. The summed E-state index contributed by atoms with van der Waals surface area (Å²) in [6.07, 6.45) is 11.2. The van der Waals surface area contributed by atoms with Crippen LogP contribution in [-0.4, -0.2) is 28.0 Å². The lowest BCUT2D eigenvalue weighted by Gasteiger charge is -2.34. The first kappa shape index (κ1) is 33.7. The molecule has 2 rings (SSSR count). The Morgan fingerprint density at radius 3 is 2.20 bits per heavy atom. The minimum Gasteiger partial charge on any atom is -0.439 e. The van der Waals surface area contributed by atoms with E-state index in [1.165, 1.54) is 42.3 Å². The number of halogens is 1. The second-order valence-electron chi connectivity index (χ2n) is 9.76. The average molecular weight is 571 g/mol. The number of esters is 1. The summed E-state index contributed by atoms with van der Waals surface area (Å²) >= 11 is 4.92. The molecular formula is C29H48BrNO3S. The van der Waals surface area contributed by atoms with Crippen LogP contribution in [-0.2, 0) is 21.3 Å². The molecule has 1 aliphatic rings. The molecule has 0 saturated heterocycles. The van der Waals surface area contributed by atoms with Gasteiger partial charge < -0.3 is 4.74 Å². The Kier molecular flexibility index (Phi) is 17.4. The summed E-state index contributed by atoms with van der Waals surface area (Å²) in [5, 5.41) is 0.845. The summed E-state index contributed by atoms with van der Waals surface area (Å²) in [6, 6.07) is 6.14. The average Bonchev–Trinajstić information content (AvgIpc) is 3.71. The van der Waals surface area contributed by atoms with E-state index in [0.29, 0.717) is 12.3 Å². The van der Waals surface area contributed by atoms with Crippen LogP contribution in [0.4, 0.5) is 0 Å². The van der Waals surface area contributed by atoms with Gasteiger partial charge in [0.15, 0.2) is 11.5 Å². The van der Waals surface area contributed by atoms with E-state index in [-0.39, 0.29) is 17.7 Å². The van der Waals surface area contributed by atoms with E-state index in [1.807, 2.05) is 43.5 Å². The van der Waals surface area contributed by atoms with Gasteiger partial charge in [-0.25, -0.2) is 0 Å². The van der Waals surface area contributed by atoms with Crippen molar-refractivity contribution >= 4 is 39.6 Å². The second-order valence-corrected chi connectivity index (χ2v) is 11.1. The Labute approximate surface area is 227 Å². The molecule has 6 heteroatoms. The predicted octanol–water partition coefficient (Wildman–Crippen LogP) is 8.97. The van der Waals surface area contributed by atoms with Crippen molar-refractivity contribution < 1.29 is 14.3 Å². The van der Waals surface area contributed by atoms with E-state index < -0.39 is 5.72 Å². The molecule has 0 heterocycles. The highest BCUT2D eigenvalue weighted by Gasteiger charge is 2.28. The van der Waals surface area contributed by atoms with Gasteiger partial charge in [-0.1, -0.05) is 107 Å². The topological polar surface area (TPSA) is 46.6 Å². The molecule has 200 valence electrons. The zero-order valence-corrected chi connectivity index (χ0v) is 25.7. The third-order valence-corrected chi connectivity index (χ3v) is 7.20. The third kappa shape index (κ3) is 14.2. The summed E-state index contributed by atoms with van der Waals surface area (Å²) in [5.41, 5.74) is 2.66. The van der Waals surface area contributed by atoms with Gasteiger partial charge in [-0.3, -0.25) is 13.9 Å². The molecule has 1 aromatic carbocycles. The predicted molar refractivity (Wildman–Crippen MR) is 156 cm³/mol. The molecule has 1 saturated carbocycles. The molecule has 0 radical (unpaired) electrons. The van der Waals surface area contributed by atoms with Crippen molar-refractivity contribution in [2.75, 3.05) is 6.26 Å². The van der Waals surface area contributed by atoms with Crippen molar-refractivity contribution in [1.82, 2.24) is 4.31 Å². The van der Waals surface area contributed by atoms with Crippen LogP contribution in [0.2, 0.25) is 0 Å². The maximum atomic E-state index is 12.1. The Bertz CT molecular complexity index is 774. The van der Waals surface area contributed by atoms with Crippen LogP contribution in [0.1, 0.15) is 108 Å². The molecule has 0 aliphatic heterocycles. The van der Waals surface area contributed by atoms with Crippen molar-refractivity contribution in [3.63, 3.8) is 0 Å². The number of ether oxygens (including phenoxy) is 1. The van der Waals surface area contributed by atoms with Crippen molar-refractivity contribution in [1.29, 1.82) is 0 Å². The minimum absolute atomic E-state index is 0.125. The SMILES string of the molecule is C1CC1.C=CN(SC)C(C)(C)OC(=O)CCC(C)C.CCc1cc(CBr)ccc1C(=O)C(C)CC. The van der Waals surface area contributed by atoms with Crippen LogP contribution < -0.4 is 0 Å². The van der Waals surface area contributed by atoms with Gasteiger partial charge in [0, 0.05) is 35.7 Å². The molecule has 4 nitrogen and oxygen atoms in total. The van der Waals surface area contributed by atoms with Crippen LogP contribution in [0.25, 0.3) is 0 Å². The van der Waals surface area contributed by atoms with Gasteiger partial charge >= 0.3 is 5.97 Å². The summed E-state index contributed by atoms with van der Waals surface area (Å²) < 4.78 is 7.25. The normalized spacial score (nSPS) is 13.0. The van der Waals surface area contributed by atoms with Crippen molar-refractivity contribution in [2.24, 2.45) is 11.8 Å². The summed E-state index contributed by atoms with van der Waals surface area (Å²) in [6.45, 7) is 17.8. The van der Waals surface area contributed by atoms with Gasteiger partial charge in [-0.15, -0.1) is 0 Å². The van der Waals surface area contributed by atoms with Gasteiger partial charge in [0.25, 0.3) is 0 Å². The Morgan fingerprint density at radius 2 is 1.80 bits per heavy atom. The second kappa shape index (κ2) is 18.0. The van der Waals surface area contributed by atoms with Gasteiger partial charge in [-0.2, -0.15) is 0 Å². The van der Waals surface area contributed by atoms with Crippen LogP contribution in [0.15, 0.2) is 31.0 Å². The lowest BCUT2D eigenvalue weighted by Crippen LogP contribution is -2.40. The highest BCUT2D eigenvalue weighted by molar-refractivity contribution is 9.08. The minimum atomic E-state index is -0.644. The fourth-order valence-corrected chi connectivity index (χ4v) is 3.98. The molecule has 35 heavy (non-hydrogen) atoms. The smallest absolute Gasteiger partial charge is 0.307 e. The third-order valence-electron chi connectivity index (χ3n) is 5.57. The first-order chi connectivity index (χ1) is 16.5. The number of hydrogen-bond donors (Lipinski definition) is 0. The number of aryl methyl sites for hydroxylation is 1. The monoisotopic (exact) mass is 569 g/mol. The van der Waals surface area contributed by atoms with Crippen LogP contribution >= 0.6 is 27.9 Å². The standard InChI is InChI=1S/C14H19BrO.C12H23NO2S.C3H6/c1-4-10(3)14(16)13-7-6-11(9-15)8-12(13)5-2;1-7-13(16-6)12(4,5)15-11(14)9-8-10(2)3;1-2-3-1/h6-8,10H,4-5,9H2,1-3H3;7,10H,1,8-9H2,2-6H3;1-3H2. The Hall–Kier alpha value is -1.27. The largest absolute Gasteiger partial charge is 0.439 e. The maximum Gasteiger partial charge on any atom is 0.307 e. The molecule has 1 unspecified atom stereocenters. The van der Waals surface area contributed by atoms with Crippen LogP contribution in [0.5, 0.6) is 0 Å². The van der Waals surface area contributed by atoms with E-state index in [4.69, 9.17) is 4.74 Å². The molecule has 0 spiro atoms. The number of carbonyl (C=O) groups excluding carboxylic acids is 2. The van der Waals surface area contributed by atoms with Gasteiger partial charge in [-0.05, 0) is 50.2 Å². The number of hydrogen-bond acceptors (Lipinski definition) is 5. The fraction of sp³-hybridized carbons (Fsp3) is 0.655. The molecule has 0 aromatic heterocycles. The molecule has 1 aromatic rings. The number of Topliss-reactive ketones (excluding diaryl/α,β-unsaturated/α-hetero) is 1.